The first-order valence-corrected chi connectivity index (χ1v) is 6.93. The summed E-state index contributed by atoms with van der Waals surface area (Å²) in [5.41, 5.74) is 1.58. The molecule has 120 valence electrons. The van der Waals surface area contributed by atoms with Crippen LogP contribution in [-0.2, 0) is 0 Å². The molecule has 0 aliphatic heterocycles. The summed E-state index contributed by atoms with van der Waals surface area (Å²) in [4.78, 5) is 11.8. The first-order valence-electron chi connectivity index (χ1n) is 6.93. The number of hydrogen-bond acceptors (Lipinski definition) is 2. The van der Waals surface area contributed by atoms with Crippen LogP contribution in [0.3, 0.4) is 0 Å². The van der Waals surface area contributed by atoms with Gasteiger partial charge in [0.1, 0.15) is 5.75 Å². The second kappa shape index (κ2) is 7.13. The Hall–Kier alpha value is -2.56. The van der Waals surface area contributed by atoms with Gasteiger partial charge in [0.25, 0.3) is 0 Å². The minimum absolute atomic E-state index is 0.0648. The SMILES string of the molecule is CC(=O)c1c(/C=C/c2ccccc2)cccc1OCC(F)(F)F. The van der Waals surface area contributed by atoms with E-state index in [1.54, 1.807) is 24.3 Å². The van der Waals surface area contributed by atoms with E-state index in [0.717, 1.165) is 5.56 Å². The Morgan fingerprint density at radius 2 is 1.74 bits per heavy atom. The van der Waals surface area contributed by atoms with Crippen LogP contribution in [0.5, 0.6) is 5.75 Å². The third kappa shape index (κ3) is 4.98. The Morgan fingerprint density at radius 1 is 1.04 bits per heavy atom. The molecule has 0 aliphatic rings. The highest BCUT2D eigenvalue weighted by Gasteiger charge is 2.29. The largest absolute Gasteiger partial charge is 0.483 e. The topological polar surface area (TPSA) is 26.3 Å². The molecule has 23 heavy (non-hydrogen) atoms. The van der Waals surface area contributed by atoms with E-state index in [4.69, 9.17) is 4.74 Å². The van der Waals surface area contributed by atoms with E-state index in [1.165, 1.54) is 13.0 Å². The zero-order valence-corrected chi connectivity index (χ0v) is 12.4. The fourth-order valence-corrected chi connectivity index (χ4v) is 2.09. The summed E-state index contributed by atoms with van der Waals surface area (Å²) in [5.74, 6) is -0.416. The van der Waals surface area contributed by atoms with Crippen molar-refractivity contribution in [2.45, 2.75) is 13.1 Å². The monoisotopic (exact) mass is 320 g/mol. The molecular formula is C18H15F3O2. The Morgan fingerprint density at radius 3 is 2.35 bits per heavy atom. The van der Waals surface area contributed by atoms with Crippen LogP contribution in [0.25, 0.3) is 12.2 Å². The summed E-state index contributed by atoms with van der Waals surface area (Å²) in [6.07, 6.45) is -0.980. The lowest BCUT2D eigenvalue weighted by Crippen LogP contribution is -2.20. The Kier molecular flexibility index (Phi) is 5.21. The molecular weight excluding hydrogens is 305 g/mol. The molecule has 0 N–H and O–H groups in total. The lowest BCUT2D eigenvalue weighted by molar-refractivity contribution is -0.153. The molecule has 2 rings (SSSR count). The number of ketones is 1. The lowest BCUT2D eigenvalue weighted by Gasteiger charge is -2.13. The number of carbonyl (C=O) groups is 1. The van der Waals surface area contributed by atoms with Gasteiger partial charge in [-0.1, -0.05) is 54.6 Å². The maximum Gasteiger partial charge on any atom is 0.422 e. The van der Waals surface area contributed by atoms with Crippen LogP contribution in [-0.4, -0.2) is 18.6 Å². The molecule has 0 amide bonds. The van der Waals surface area contributed by atoms with E-state index in [-0.39, 0.29) is 17.1 Å². The molecule has 0 aromatic heterocycles. The van der Waals surface area contributed by atoms with Crippen molar-refractivity contribution in [1.82, 2.24) is 0 Å². The molecule has 0 radical (unpaired) electrons. The summed E-state index contributed by atoms with van der Waals surface area (Å²) in [6, 6.07) is 14.0. The van der Waals surface area contributed by atoms with Crippen LogP contribution in [0, 0.1) is 0 Å². The normalized spacial score (nSPS) is 11.7. The maximum atomic E-state index is 12.3. The summed E-state index contributed by atoms with van der Waals surface area (Å²) < 4.78 is 41.7. The first kappa shape index (κ1) is 16.8. The van der Waals surface area contributed by atoms with E-state index >= 15 is 0 Å². The van der Waals surface area contributed by atoms with Crippen LogP contribution in [0.15, 0.2) is 48.5 Å². The predicted octanol–water partition coefficient (Wildman–Crippen LogP) is 5.00. The van der Waals surface area contributed by atoms with Crippen LogP contribution >= 0.6 is 0 Å². The molecule has 0 unspecified atom stereocenters. The molecule has 5 heteroatoms. The number of benzene rings is 2. The highest BCUT2D eigenvalue weighted by Crippen LogP contribution is 2.27. The zero-order chi connectivity index (χ0) is 16.9. The molecule has 0 bridgehead atoms. The lowest BCUT2D eigenvalue weighted by atomic mass is 10.0. The summed E-state index contributed by atoms with van der Waals surface area (Å²) in [6.45, 7) is -0.130. The number of alkyl halides is 3. The first-order chi connectivity index (χ1) is 10.9. The number of carbonyl (C=O) groups excluding carboxylic acids is 1. The highest BCUT2D eigenvalue weighted by atomic mass is 19.4. The van der Waals surface area contributed by atoms with Crippen molar-refractivity contribution in [3.8, 4) is 5.75 Å². The molecule has 0 atom stereocenters. The number of rotatable bonds is 5. The quantitative estimate of drug-likeness (QED) is 0.572. The van der Waals surface area contributed by atoms with Crippen LogP contribution < -0.4 is 4.74 Å². The fourth-order valence-electron chi connectivity index (χ4n) is 2.09. The van der Waals surface area contributed by atoms with Crippen molar-refractivity contribution < 1.29 is 22.7 Å². The van der Waals surface area contributed by atoms with Gasteiger partial charge in [0.15, 0.2) is 12.4 Å². The number of ether oxygens (including phenoxy) is 1. The molecule has 0 saturated heterocycles. The number of hydrogen-bond donors (Lipinski definition) is 0. The van der Waals surface area contributed by atoms with Gasteiger partial charge in [-0.2, -0.15) is 13.2 Å². The third-order valence-electron chi connectivity index (χ3n) is 3.06. The minimum atomic E-state index is -4.45. The standard InChI is InChI=1S/C18H15F3O2/c1-13(22)17-15(11-10-14-6-3-2-4-7-14)8-5-9-16(17)23-12-18(19,20)21/h2-11H,12H2,1H3/b11-10+. The van der Waals surface area contributed by atoms with Crippen LogP contribution in [0.4, 0.5) is 13.2 Å². The zero-order valence-electron chi connectivity index (χ0n) is 12.4. The molecule has 2 aromatic carbocycles. The van der Waals surface area contributed by atoms with E-state index in [1.807, 2.05) is 30.3 Å². The van der Waals surface area contributed by atoms with Gasteiger partial charge >= 0.3 is 6.18 Å². The fraction of sp³-hybridized carbons (Fsp3) is 0.167. The number of halogens is 3. The van der Waals surface area contributed by atoms with Crippen LogP contribution in [0.1, 0.15) is 28.4 Å². The number of Topliss-reactive ketones (excluding diaryl/α,β-unsaturated/α-hetero) is 1. The van der Waals surface area contributed by atoms with E-state index in [2.05, 4.69) is 0 Å². The van der Waals surface area contributed by atoms with Gasteiger partial charge in [0.2, 0.25) is 0 Å². The maximum absolute atomic E-state index is 12.3. The van der Waals surface area contributed by atoms with E-state index in [9.17, 15) is 18.0 Å². The second-order valence-electron chi connectivity index (χ2n) is 4.92. The van der Waals surface area contributed by atoms with Gasteiger partial charge in [-0.15, -0.1) is 0 Å². The smallest absolute Gasteiger partial charge is 0.422 e. The minimum Gasteiger partial charge on any atom is -0.483 e. The van der Waals surface area contributed by atoms with Crippen molar-refractivity contribution in [2.24, 2.45) is 0 Å². The van der Waals surface area contributed by atoms with Gasteiger partial charge in [0.05, 0.1) is 5.56 Å². The van der Waals surface area contributed by atoms with E-state index < -0.39 is 12.8 Å². The summed E-state index contributed by atoms with van der Waals surface area (Å²) >= 11 is 0. The molecule has 2 aromatic rings. The average Bonchev–Trinajstić information content (AvgIpc) is 2.51. The van der Waals surface area contributed by atoms with Crippen molar-refractivity contribution in [3.63, 3.8) is 0 Å². The van der Waals surface area contributed by atoms with Crippen molar-refractivity contribution in [2.75, 3.05) is 6.61 Å². The summed E-state index contributed by atoms with van der Waals surface area (Å²) in [7, 11) is 0. The van der Waals surface area contributed by atoms with Gasteiger partial charge < -0.3 is 4.74 Å². The van der Waals surface area contributed by atoms with Gasteiger partial charge in [0, 0.05) is 0 Å². The Bertz CT molecular complexity index is 704. The van der Waals surface area contributed by atoms with Crippen molar-refractivity contribution >= 4 is 17.9 Å². The van der Waals surface area contributed by atoms with Gasteiger partial charge in [-0.25, -0.2) is 0 Å². The summed E-state index contributed by atoms with van der Waals surface area (Å²) in [5, 5.41) is 0. The molecule has 0 heterocycles. The molecule has 0 aliphatic carbocycles. The second-order valence-corrected chi connectivity index (χ2v) is 4.92. The average molecular weight is 320 g/mol. The van der Waals surface area contributed by atoms with Crippen LogP contribution in [0.2, 0.25) is 0 Å². The van der Waals surface area contributed by atoms with Gasteiger partial charge in [-0.05, 0) is 24.1 Å². The molecule has 0 fully saturated rings. The predicted molar refractivity (Wildman–Crippen MR) is 83.4 cm³/mol. The van der Waals surface area contributed by atoms with E-state index in [0.29, 0.717) is 5.56 Å². The molecule has 2 nitrogen and oxygen atoms in total. The highest BCUT2D eigenvalue weighted by molar-refractivity contribution is 6.01. The molecule has 0 saturated carbocycles. The third-order valence-corrected chi connectivity index (χ3v) is 3.06. The van der Waals surface area contributed by atoms with Crippen molar-refractivity contribution in [1.29, 1.82) is 0 Å². The van der Waals surface area contributed by atoms with Gasteiger partial charge in [-0.3, -0.25) is 4.79 Å². The molecule has 0 spiro atoms. The Labute approximate surface area is 132 Å². The van der Waals surface area contributed by atoms with Crippen molar-refractivity contribution in [3.05, 3.63) is 65.2 Å². The Balaban J connectivity index is 2.32.